The summed E-state index contributed by atoms with van der Waals surface area (Å²) in [5.41, 5.74) is 6.80. The summed E-state index contributed by atoms with van der Waals surface area (Å²) in [7, 11) is 3.37. The van der Waals surface area contributed by atoms with Crippen LogP contribution in [0.3, 0.4) is 0 Å². The van der Waals surface area contributed by atoms with E-state index in [1.165, 1.54) is 10.8 Å². The van der Waals surface area contributed by atoms with Crippen LogP contribution >= 0.6 is 0 Å². The topological polar surface area (TPSA) is 49.6 Å². The average Bonchev–Trinajstić information content (AvgIpc) is 3.45. The van der Waals surface area contributed by atoms with Gasteiger partial charge in [0, 0.05) is 10.8 Å². The van der Waals surface area contributed by atoms with E-state index in [4.69, 9.17) is 18.9 Å². The zero-order chi connectivity index (χ0) is 24.9. The molecule has 7 heteroatoms. The van der Waals surface area contributed by atoms with E-state index in [0.29, 0.717) is 11.8 Å². The van der Waals surface area contributed by atoms with E-state index in [2.05, 4.69) is 80.4 Å². The van der Waals surface area contributed by atoms with Crippen molar-refractivity contribution >= 4 is 21.8 Å². The smallest absolute Gasteiger partial charge is 0.433 e. The second-order valence-corrected chi connectivity index (χ2v) is 10.1. The number of hydrogen-bond donors (Lipinski definition) is 0. The minimum absolute atomic E-state index is 0.715. The Morgan fingerprint density at radius 3 is 2.08 bits per heavy atom. The van der Waals surface area contributed by atoms with Gasteiger partial charge in [0.1, 0.15) is 11.5 Å². The Hall–Kier alpha value is -5.04. The Morgan fingerprint density at radius 2 is 1.37 bits per heavy atom. The molecule has 7 nitrogen and oxygen atoms in total. The van der Waals surface area contributed by atoms with Crippen LogP contribution < -0.4 is 28.1 Å². The molecule has 4 aliphatic rings. The van der Waals surface area contributed by atoms with Crippen molar-refractivity contribution in [1.82, 2.24) is 4.57 Å². The number of rotatable bonds is 2. The number of hydrogen-bond acceptors (Lipinski definition) is 4. The zero-order valence-corrected chi connectivity index (χ0v) is 20.5. The highest BCUT2D eigenvalue weighted by molar-refractivity contribution is 6.12. The van der Waals surface area contributed by atoms with Gasteiger partial charge < -0.3 is 23.5 Å². The predicted octanol–water partition coefficient (Wildman–Crippen LogP) is 5.18. The van der Waals surface area contributed by atoms with Crippen LogP contribution in [0.25, 0.3) is 38.9 Å². The van der Waals surface area contributed by atoms with Crippen LogP contribution in [0.4, 0.5) is 0 Å². The molecule has 4 aliphatic heterocycles. The summed E-state index contributed by atoms with van der Waals surface area (Å²) >= 11 is 0. The van der Waals surface area contributed by atoms with Crippen molar-refractivity contribution in [3.05, 3.63) is 90.0 Å². The summed E-state index contributed by atoms with van der Waals surface area (Å²) in [6.45, 7) is 0. The summed E-state index contributed by atoms with van der Waals surface area (Å²) in [5.74, 6) is 4.52. The van der Waals surface area contributed by atoms with Gasteiger partial charge in [-0.2, -0.15) is 0 Å². The van der Waals surface area contributed by atoms with Crippen LogP contribution in [0.1, 0.15) is 11.1 Å². The summed E-state index contributed by atoms with van der Waals surface area (Å²) in [6.07, 6.45) is 0. The molecule has 180 valence electrons. The average molecular weight is 498 g/mol. The molecule has 0 saturated carbocycles. The molecule has 0 amide bonds. The SMILES string of the molecule is COc1cc2[n+]3c(c1)-c1cc(OC)cc4[n+]1C31c3c(cccc3-n3c5ccccc5c5ccc(c1c53)O4)O2. The molecular weight excluding hydrogens is 478 g/mol. The maximum absolute atomic E-state index is 6.72. The van der Waals surface area contributed by atoms with Crippen LogP contribution in [-0.2, 0) is 5.66 Å². The Kier molecular flexibility index (Phi) is 2.98. The van der Waals surface area contributed by atoms with Gasteiger partial charge in [0.2, 0.25) is 0 Å². The number of benzene rings is 3. The highest BCUT2D eigenvalue weighted by Gasteiger charge is 2.74. The van der Waals surface area contributed by atoms with E-state index in [0.717, 1.165) is 62.2 Å². The zero-order valence-electron chi connectivity index (χ0n) is 20.5. The lowest BCUT2D eigenvalue weighted by atomic mass is 9.82. The van der Waals surface area contributed by atoms with Crippen LogP contribution in [0.2, 0.25) is 0 Å². The molecule has 1 unspecified atom stereocenters. The van der Waals surface area contributed by atoms with E-state index < -0.39 is 5.66 Å². The number of aromatic nitrogens is 3. The van der Waals surface area contributed by atoms with Gasteiger partial charge in [0.25, 0.3) is 11.4 Å². The highest BCUT2D eigenvalue weighted by Crippen LogP contribution is 2.58. The highest BCUT2D eigenvalue weighted by atomic mass is 16.5. The molecule has 3 aromatic carbocycles. The molecule has 3 aromatic heterocycles. The Bertz CT molecular complexity index is 2070. The Labute approximate surface area is 216 Å². The fourth-order valence-electron chi connectivity index (χ4n) is 7.27. The first-order valence-electron chi connectivity index (χ1n) is 12.6. The lowest BCUT2D eigenvalue weighted by molar-refractivity contribution is -0.943. The minimum atomic E-state index is -0.741. The molecule has 0 saturated heterocycles. The first kappa shape index (κ1) is 19.1. The predicted molar refractivity (Wildman–Crippen MR) is 138 cm³/mol. The lowest BCUT2D eigenvalue weighted by Gasteiger charge is -2.35. The second kappa shape index (κ2) is 5.92. The van der Waals surface area contributed by atoms with Gasteiger partial charge in [-0.05, 0) is 30.3 Å². The molecule has 0 N–H and O–H groups in total. The van der Waals surface area contributed by atoms with E-state index in [1.807, 2.05) is 12.1 Å². The molecule has 6 aromatic rings. The number of fused-ring (bicyclic) bond motifs is 5. The number of para-hydroxylation sites is 1. The number of methoxy groups -OCH3 is 2. The molecule has 10 rings (SSSR count). The van der Waals surface area contributed by atoms with Crippen LogP contribution in [-0.4, -0.2) is 18.8 Å². The molecule has 1 atom stereocenters. The third-order valence-electron chi connectivity index (χ3n) is 8.56. The van der Waals surface area contributed by atoms with E-state index in [-0.39, 0.29) is 0 Å². The standard InChI is InChI=1S/C31H19N3O4/c1-35-16-12-22-23-13-17(36-2)15-27-34(23)31-28-21(8-5-9-24(28)37-26(14-16)33(22)31)32-20-7-4-3-6-18(20)19-10-11-25(38-27)29(31)30(19)32/h3-15H,1-2H3/q+2. The largest absolute Gasteiger partial charge is 0.496 e. The van der Waals surface area contributed by atoms with E-state index >= 15 is 0 Å². The van der Waals surface area contributed by atoms with Crippen LogP contribution in [0, 0.1) is 0 Å². The van der Waals surface area contributed by atoms with Crippen molar-refractivity contribution in [2.45, 2.75) is 5.66 Å². The third kappa shape index (κ3) is 1.78. The molecule has 0 bridgehead atoms. The van der Waals surface area contributed by atoms with Crippen molar-refractivity contribution < 1.29 is 28.1 Å². The van der Waals surface area contributed by atoms with Crippen molar-refractivity contribution in [3.8, 4) is 51.8 Å². The van der Waals surface area contributed by atoms with Gasteiger partial charge >= 0.3 is 17.4 Å². The quantitative estimate of drug-likeness (QED) is 0.309. The monoisotopic (exact) mass is 497 g/mol. The normalized spacial score (nSPS) is 17.7. The van der Waals surface area contributed by atoms with Crippen molar-refractivity contribution in [2.24, 2.45) is 0 Å². The van der Waals surface area contributed by atoms with Crippen LogP contribution in [0.15, 0.2) is 78.9 Å². The fourth-order valence-corrected chi connectivity index (χ4v) is 7.27. The summed E-state index contributed by atoms with van der Waals surface area (Å²) in [5, 5.41) is 2.41. The van der Waals surface area contributed by atoms with Crippen molar-refractivity contribution in [2.75, 3.05) is 14.2 Å². The van der Waals surface area contributed by atoms with E-state index in [9.17, 15) is 0 Å². The first-order chi connectivity index (χ1) is 18.7. The number of ether oxygens (including phenoxy) is 4. The molecule has 0 fully saturated rings. The van der Waals surface area contributed by atoms with E-state index in [1.54, 1.807) is 14.2 Å². The summed E-state index contributed by atoms with van der Waals surface area (Å²) < 4.78 is 31.9. The maximum atomic E-state index is 6.72. The van der Waals surface area contributed by atoms with Gasteiger partial charge in [-0.3, -0.25) is 0 Å². The van der Waals surface area contributed by atoms with Gasteiger partial charge in [-0.1, -0.05) is 33.4 Å². The Balaban J connectivity index is 1.54. The van der Waals surface area contributed by atoms with Gasteiger partial charge in [-0.15, -0.1) is 0 Å². The van der Waals surface area contributed by atoms with Gasteiger partial charge in [0.15, 0.2) is 22.6 Å². The summed E-state index contributed by atoms with van der Waals surface area (Å²) in [4.78, 5) is 0. The molecular formula is C31H19N3O4+2. The minimum Gasteiger partial charge on any atom is -0.496 e. The molecule has 7 heterocycles. The Morgan fingerprint density at radius 1 is 0.684 bits per heavy atom. The molecule has 1 spiro atoms. The number of pyridine rings is 2. The summed E-state index contributed by atoms with van der Waals surface area (Å²) in [6, 6.07) is 27.3. The maximum Gasteiger partial charge on any atom is 0.433 e. The van der Waals surface area contributed by atoms with Gasteiger partial charge in [-0.25, -0.2) is 0 Å². The van der Waals surface area contributed by atoms with Gasteiger partial charge in [0.05, 0.1) is 55.2 Å². The van der Waals surface area contributed by atoms with Crippen LogP contribution in [0.5, 0.6) is 34.8 Å². The number of nitrogens with zero attached hydrogens (tertiary/aromatic N) is 3. The van der Waals surface area contributed by atoms with Crippen molar-refractivity contribution in [1.29, 1.82) is 0 Å². The fraction of sp³-hybridized carbons (Fsp3) is 0.0968. The third-order valence-corrected chi connectivity index (χ3v) is 8.56. The molecule has 0 aliphatic carbocycles. The molecule has 38 heavy (non-hydrogen) atoms. The molecule has 0 radical (unpaired) electrons. The first-order valence-corrected chi connectivity index (χ1v) is 12.6. The van der Waals surface area contributed by atoms with Crippen molar-refractivity contribution in [3.63, 3.8) is 0 Å². The second-order valence-electron chi connectivity index (χ2n) is 10.1. The lowest BCUT2D eigenvalue weighted by Crippen LogP contribution is -2.74.